The lowest BCUT2D eigenvalue weighted by atomic mass is 9.61. The SMILES string of the molecule is O=CC12CC[C+](CC1)CC2. The van der Waals surface area contributed by atoms with Crippen LogP contribution in [0.5, 0.6) is 0 Å². The molecule has 0 aromatic heterocycles. The first-order valence-corrected chi connectivity index (χ1v) is 4.15. The maximum absolute atomic E-state index is 10.7. The number of fused-ring (bicyclic) bond motifs is 3. The Kier molecular flexibility index (Phi) is 1.26. The first-order valence-electron chi connectivity index (χ1n) is 4.15. The molecule has 0 heterocycles. The molecular weight excluding hydrogens is 124 g/mol. The number of hydrogen-bond acceptors (Lipinski definition) is 1. The molecule has 0 spiro atoms. The zero-order chi connectivity index (χ0) is 7.03. The summed E-state index contributed by atoms with van der Waals surface area (Å²) in [5.41, 5.74) is 0.127. The molecule has 0 amide bonds. The van der Waals surface area contributed by atoms with E-state index in [0.29, 0.717) is 0 Å². The van der Waals surface area contributed by atoms with Crippen LogP contribution in [-0.2, 0) is 4.79 Å². The van der Waals surface area contributed by atoms with Gasteiger partial charge in [0.05, 0.1) is 25.2 Å². The average Bonchev–Trinajstić information content (AvgIpc) is 2.08. The molecule has 0 aromatic carbocycles. The van der Waals surface area contributed by atoms with Gasteiger partial charge in [-0.2, -0.15) is 0 Å². The number of carbonyl (C=O) groups is 1. The maximum atomic E-state index is 10.7. The third-order valence-corrected chi connectivity index (χ3v) is 3.18. The zero-order valence-electron chi connectivity index (χ0n) is 6.23. The molecule has 3 fully saturated rings. The van der Waals surface area contributed by atoms with Gasteiger partial charge >= 0.3 is 0 Å². The standard InChI is InChI=1S/C9H13O/c10-7-9-4-1-8(2-5-9)3-6-9/h7H,1-6H2/q+1. The molecule has 0 atom stereocenters. The molecule has 1 nitrogen and oxygen atoms in total. The summed E-state index contributed by atoms with van der Waals surface area (Å²) in [7, 11) is 0. The van der Waals surface area contributed by atoms with E-state index < -0.39 is 0 Å². The van der Waals surface area contributed by atoms with E-state index in [1.54, 1.807) is 5.92 Å². The highest BCUT2D eigenvalue weighted by Gasteiger charge is 2.46. The smallest absolute Gasteiger partial charge is 0.126 e. The van der Waals surface area contributed by atoms with Gasteiger partial charge in [-0.3, -0.25) is 0 Å². The van der Waals surface area contributed by atoms with E-state index in [-0.39, 0.29) is 5.41 Å². The molecular formula is C9H13O+. The third-order valence-electron chi connectivity index (χ3n) is 3.18. The van der Waals surface area contributed by atoms with Crippen molar-refractivity contribution < 1.29 is 4.79 Å². The normalized spacial score (nSPS) is 28.6. The highest BCUT2D eigenvalue weighted by Crippen LogP contribution is 2.49. The Bertz CT molecular complexity index is 129. The summed E-state index contributed by atoms with van der Waals surface area (Å²) in [6.07, 6.45) is 8.35. The van der Waals surface area contributed by atoms with Gasteiger partial charge in [-0.05, 0) is 0 Å². The average molecular weight is 137 g/mol. The molecule has 3 aliphatic rings. The van der Waals surface area contributed by atoms with Crippen molar-refractivity contribution >= 4 is 6.29 Å². The summed E-state index contributed by atoms with van der Waals surface area (Å²) in [6.45, 7) is 0. The van der Waals surface area contributed by atoms with Crippen molar-refractivity contribution in [2.75, 3.05) is 0 Å². The Labute approximate surface area is 61.8 Å². The quantitative estimate of drug-likeness (QED) is 0.399. The zero-order valence-corrected chi connectivity index (χ0v) is 6.23. The summed E-state index contributed by atoms with van der Waals surface area (Å²) in [6, 6.07) is 0. The Morgan fingerprint density at radius 3 is 1.90 bits per heavy atom. The Morgan fingerprint density at radius 1 is 1.10 bits per heavy atom. The molecule has 0 saturated heterocycles. The maximum Gasteiger partial charge on any atom is 0.126 e. The lowest BCUT2D eigenvalue weighted by Gasteiger charge is -2.36. The Balaban J connectivity index is 2.15. The first-order chi connectivity index (χ1) is 4.85. The van der Waals surface area contributed by atoms with Crippen LogP contribution in [0, 0.1) is 11.3 Å². The van der Waals surface area contributed by atoms with Crippen LogP contribution in [0.2, 0.25) is 0 Å². The van der Waals surface area contributed by atoms with Crippen LogP contribution in [-0.4, -0.2) is 6.29 Å². The van der Waals surface area contributed by atoms with Crippen molar-refractivity contribution in [3.8, 4) is 0 Å². The van der Waals surface area contributed by atoms with E-state index in [4.69, 9.17) is 0 Å². The second-order valence-corrected chi connectivity index (χ2v) is 3.73. The van der Waals surface area contributed by atoms with E-state index in [9.17, 15) is 4.79 Å². The number of carbonyl (C=O) groups excluding carboxylic acids is 1. The minimum Gasteiger partial charge on any atom is -0.303 e. The summed E-state index contributed by atoms with van der Waals surface area (Å²) in [4.78, 5) is 10.7. The number of rotatable bonds is 1. The lowest BCUT2D eigenvalue weighted by Crippen LogP contribution is -2.34. The van der Waals surface area contributed by atoms with Gasteiger partial charge in [0.25, 0.3) is 0 Å². The summed E-state index contributed by atoms with van der Waals surface area (Å²) >= 11 is 0. The van der Waals surface area contributed by atoms with Crippen molar-refractivity contribution in [1.29, 1.82) is 0 Å². The van der Waals surface area contributed by atoms with Crippen LogP contribution in [0.4, 0.5) is 0 Å². The van der Waals surface area contributed by atoms with E-state index in [1.807, 2.05) is 0 Å². The predicted octanol–water partition coefficient (Wildman–Crippen LogP) is 2.11. The highest BCUT2D eigenvalue weighted by atomic mass is 16.1. The van der Waals surface area contributed by atoms with Gasteiger partial charge in [-0.25, -0.2) is 0 Å². The molecule has 0 unspecified atom stereocenters. The fourth-order valence-electron chi connectivity index (χ4n) is 2.20. The molecule has 0 N–H and O–H groups in total. The molecule has 3 saturated carbocycles. The van der Waals surface area contributed by atoms with Gasteiger partial charge in [0.2, 0.25) is 0 Å². The van der Waals surface area contributed by atoms with Crippen molar-refractivity contribution in [1.82, 2.24) is 0 Å². The van der Waals surface area contributed by atoms with E-state index >= 15 is 0 Å². The van der Waals surface area contributed by atoms with Gasteiger partial charge < -0.3 is 4.79 Å². The molecule has 1 heteroatoms. The van der Waals surface area contributed by atoms with Crippen molar-refractivity contribution in [3.05, 3.63) is 5.92 Å². The lowest BCUT2D eigenvalue weighted by molar-refractivity contribution is -0.119. The number of hydrogen-bond donors (Lipinski definition) is 0. The largest absolute Gasteiger partial charge is 0.303 e. The fraction of sp³-hybridized carbons (Fsp3) is 0.778. The molecule has 0 radical (unpaired) electrons. The van der Waals surface area contributed by atoms with Gasteiger partial charge in [-0.1, -0.05) is 0 Å². The molecule has 54 valence electrons. The van der Waals surface area contributed by atoms with Crippen LogP contribution in [0.25, 0.3) is 0 Å². The van der Waals surface area contributed by atoms with Gasteiger partial charge in [0.15, 0.2) is 0 Å². The van der Waals surface area contributed by atoms with Crippen LogP contribution >= 0.6 is 0 Å². The predicted molar refractivity (Wildman–Crippen MR) is 39.4 cm³/mol. The van der Waals surface area contributed by atoms with Crippen LogP contribution in [0.1, 0.15) is 38.5 Å². The second-order valence-electron chi connectivity index (χ2n) is 3.73. The Morgan fingerprint density at radius 2 is 1.60 bits per heavy atom. The summed E-state index contributed by atoms with van der Waals surface area (Å²) < 4.78 is 0. The van der Waals surface area contributed by atoms with Crippen LogP contribution < -0.4 is 0 Å². The van der Waals surface area contributed by atoms with Crippen molar-refractivity contribution in [3.63, 3.8) is 0 Å². The first kappa shape index (κ1) is 6.26. The van der Waals surface area contributed by atoms with Crippen LogP contribution in [0.15, 0.2) is 0 Å². The van der Waals surface area contributed by atoms with E-state index in [2.05, 4.69) is 0 Å². The minimum atomic E-state index is 0.127. The second kappa shape index (κ2) is 2.01. The molecule has 3 rings (SSSR count). The molecule has 3 aliphatic carbocycles. The van der Waals surface area contributed by atoms with Gasteiger partial charge in [-0.15, -0.1) is 0 Å². The molecule has 10 heavy (non-hydrogen) atoms. The Hall–Kier alpha value is -0.460. The van der Waals surface area contributed by atoms with Crippen molar-refractivity contribution in [2.24, 2.45) is 5.41 Å². The topological polar surface area (TPSA) is 17.1 Å². The third kappa shape index (κ3) is 0.764. The van der Waals surface area contributed by atoms with E-state index in [0.717, 1.165) is 19.3 Å². The summed E-state index contributed by atoms with van der Waals surface area (Å²) in [5, 5.41) is 0. The molecule has 0 aromatic rings. The minimum absolute atomic E-state index is 0.127. The fourth-order valence-corrected chi connectivity index (χ4v) is 2.20. The van der Waals surface area contributed by atoms with Crippen molar-refractivity contribution in [2.45, 2.75) is 38.5 Å². The molecule has 0 aliphatic heterocycles. The van der Waals surface area contributed by atoms with Crippen LogP contribution in [0.3, 0.4) is 0 Å². The summed E-state index contributed by atoms with van der Waals surface area (Å²) in [5.74, 6) is 1.71. The highest BCUT2D eigenvalue weighted by molar-refractivity contribution is 5.60. The monoisotopic (exact) mass is 137 g/mol. The number of aldehydes is 1. The van der Waals surface area contributed by atoms with E-state index in [1.165, 1.54) is 25.5 Å². The van der Waals surface area contributed by atoms with Gasteiger partial charge in [0, 0.05) is 24.7 Å². The van der Waals surface area contributed by atoms with Gasteiger partial charge in [0.1, 0.15) is 6.29 Å². The molecule has 2 bridgehead atoms.